The molecule has 3 N–H and O–H groups in total. The Morgan fingerprint density at radius 3 is 2.46 bits per heavy atom. The summed E-state index contributed by atoms with van der Waals surface area (Å²) in [6.07, 6.45) is 2.56. The number of urea groups is 1. The van der Waals surface area contributed by atoms with E-state index in [0.717, 1.165) is 24.8 Å². The molecule has 1 unspecified atom stereocenters. The first-order valence-corrected chi connectivity index (χ1v) is 9.92. The molecule has 0 aliphatic carbocycles. The quantitative estimate of drug-likeness (QED) is 0.630. The van der Waals surface area contributed by atoms with Gasteiger partial charge in [-0.3, -0.25) is 0 Å². The molecule has 1 aromatic heterocycles. The second-order valence-corrected chi connectivity index (χ2v) is 7.56. The molecule has 0 aliphatic rings. The van der Waals surface area contributed by atoms with Crippen LogP contribution in [0, 0.1) is 0 Å². The van der Waals surface area contributed by atoms with Crippen molar-refractivity contribution in [3.05, 3.63) is 52.2 Å². The molecule has 5 nitrogen and oxygen atoms in total. The molecular weight excluding hydrogens is 346 g/mol. The van der Waals surface area contributed by atoms with Gasteiger partial charge in [-0.05, 0) is 73.4 Å². The zero-order chi connectivity index (χ0) is 18.9. The zero-order valence-electron chi connectivity index (χ0n) is 15.7. The molecule has 0 radical (unpaired) electrons. The highest BCUT2D eigenvalue weighted by molar-refractivity contribution is 7.07. The Balaban J connectivity index is 1.83. The molecule has 2 aromatic rings. The highest BCUT2D eigenvalue weighted by Crippen LogP contribution is 2.13. The highest BCUT2D eigenvalue weighted by atomic mass is 32.1. The van der Waals surface area contributed by atoms with Crippen LogP contribution in [-0.4, -0.2) is 48.8 Å². The van der Waals surface area contributed by atoms with Gasteiger partial charge in [-0.25, -0.2) is 4.79 Å². The Morgan fingerprint density at radius 1 is 1.15 bits per heavy atom. The van der Waals surface area contributed by atoms with Crippen LogP contribution in [0.3, 0.4) is 0 Å². The molecule has 0 spiro atoms. The molecule has 2 rings (SSSR count). The number of thiophene rings is 1. The van der Waals surface area contributed by atoms with Crippen LogP contribution in [0.4, 0.5) is 4.79 Å². The van der Waals surface area contributed by atoms with Gasteiger partial charge in [0.1, 0.15) is 5.75 Å². The minimum atomic E-state index is -0.121. The molecule has 6 heteroatoms. The lowest BCUT2D eigenvalue weighted by atomic mass is 10.0. The molecule has 0 aliphatic heterocycles. The van der Waals surface area contributed by atoms with Crippen molar-refractivity contribution in [3.63, 3.8) is 0 Å². The smallest absolute Gasteiger partial charge is 0.315 e. The van der Waals surface area contributed by atoms with Gasteiger partial charge in [0, 0.05) is 18.6 Å². The normalized spacial score (nSPS) is 13.4. The monoisotopic (exact) mass is 375 g/mol. The van der Waals surface area contributed by atoms with E-state index in [1.165, 1.54) is 5.56 Å². The van der Waals surface area contributed by atoms with Crippen LogP contribution in [0.25, 0.3) is 0 Å². The second-order valence-electron chi connectivity index (χ2n) is 6.78. The van der Waals surface area contributed by atoms with Gasteiger partial charge in [0.15, 0.2) is 0 Å². The number of carbonyl (C=O) groups is 1. The first-order valence-electron chi connectivity index (χ1n) is 8.97. The van der Waals surface area contributed by atoms with E-state index in [4.69, 9.17) is 0 Å². The number of benzene rings is 1. The largest absolute Gasteiger partial charge is 0.508 e. The Labute approximate surface area is 160 Å². The summed E-state index contributed by atoms with van der Waals surface area (Å²) in [4.78, 5) is 14.4. The van der Waals surface area contributed by atoms with Crippen molar-refractivity contribution in [2.24, 2.45) is 0 Å². The maximum atomic E-state index is 12.3. The first-order chi connectivity index (χ1) is 12.5. The Hall–Kier alpha value is -2.05. The van der Waals surface area contributed by atoms with E-state index in [0.29, 0.717) is 6.54 Å². The fraction of sp³-hybridized carbons (Fsp3) is 0.450. The standard InChI is InChI=1S/C20H29N3O2S/c1-4-17(11-16-9-10-26-14-16)22-20(25)21-13-18(23(2)3)12-15-5-7-19(24)8-6-15/h5-10,14,17-18,24H,4,11-13H2,1-3H3,(H2,21,22,25)/t17-,18?/m0/s1. The third kappa shape index (κ3) is 6.69. The van der Waals surface area contributed by atoms with Crippen LogP contribution in [0.1, 0.15) is 24.5 Å². The van der Waals surface area contributed by atoms with Gasteiger partial charge in [-0.2, -0.15) is 11.3 Å². The van der Waals surface area contributed by atoms with Crippen LogP contribution >= 0.6 is 11.3 Å². The lowest BCUT2D eigenvalue weighted by Crippen LogP contribution is -2.48. The Morgan fingerprint density at radius 2 is 1.88 bits per heavy atom. The van der Waals surface area contributed by atoms with Gasteiger partial charge in [0.2, 0.25) is 0 Å². The summed E-state index contributed by atoms with van der Waals surface area (Å²) < 4.78 is 0. The van der Waals surface area contributed by atoms with Gasteiger partial charge in [-0.15, -0.1) is 0 Å². The minimum Gasteiger partial charge on any atom is -0.508 e. The number of aromatic hydroxyl groups is 1. The number of rotatable bonds is 9. The third-order valence-electron chi connectivity index (χ3n) is 4.53. The molecule has 2 amide bonds. The van der Waals surface area contributed by atoms with Crippen LogP contribution in [0.15, 0.2) is 41.1 Å². The van der Waals surface area contributed by atoms with Crippen molar-refractivity contribution in [3.8, 4) is 5.75 Å². The lowest BCUT2D eigenvalue weighted by molar-refractivity contribution is 0.228. The summed E-state index contributed by atoms with van der Waals surface area (Å²) >= 11 is 1.68. The predicted molar refractivity (Wildman–Crippen MR) is 108 cm³/mol. The molecule has 0 bridgehead atoms. The second kappa shape index (κ2) is 10.2. The number of phenols is 1. The van der Waals surface area contributed by atoms with E-state index in [-0.39, 0.29) is 23.9 Å². The van der Waals surface area contributed by atoms with Gasteiger partial charge < -0.3 is 20.6 Å². The third-order valence-corrected chi connectivity index (χ3v) is 5.26. The molecular formula is C20H29N3O2S. The summed E-state index contributed by atoms with van der Waals surface area (Å²) in [6, 6.07) is 9.52. The number of amides is 2. The minimum absolute atomic E-state index is 0.121. The fourth-order valence-electron chi connectivity index (χ4n) is 2.78. The molecule has 1 aromatic carbocycles. The van der Waals surface area contributed by atoms with Gasteiger partial charge in [0.05, 0.1) is 0 Å². The molecule has 0 saturated heterocycles. The molecule has 0 saturated carbocycles. The average Bonchev–Trinajstić information content (AvgIpc) is 3.12. The summed E-state index contributed by atoms with van der Waals surface area (Å²) in [7, 11) is 4.02. The lowest BCUT2D eigenvalue weighted by Gasteiger charge is -2.25. The van der Waals surface area contributed by atoms with Crippen molar-refractivity contribution >= 4 is 17.4 Å². The van der Waals surface area contributed by atoms with Gasteiger partial charge in [0.25, 0.3) is 0 Å². The zero-order valence-corrected chi connectivity index (χ0v) is 16.6. The summed E-state index contributed by atoms with van der Waals surface area (Å²) in [5.41, 5.74) is 2.40. The van der Waals surface area contributed by atoms with Crippen molar-refractivity contribution in [2.75, 3.05) is 20.6 Å². The van der Waals surface area contributed by atoms with Gasteiger partial charge >= 0.3 is 6.03 Å². The number of likely N-dealkylation sites (N-methyl/N-ethyl adjacent to an activating group) is 1. The number of phenolic OH excluding ortho intramolecular Hbond substituents is 1. The van der Waals surface area contributed by atoms with Gasteiger partial charge in [-0.1, -0.05) is 19.1 Å². The summed E-state index contributed by atoms with van der Waals surface area (Å²) in [6.45, 7) is 2.65. The SMILES string of the molecule is CC[C@@H](Cc1ccsc1)NC(=O)NCC(Cc1ccc(O)cc1)N(C)C. The average molecular weight is 376 g/mol. The van der Waals surface area contributed by atoms with Crippen LogP contribution < -0.4 is 10.6 Å². The maximum absolute atomic E-state index is 12.3. The van der Waals surface area contributed by atoms with E-state index >= 15 is 0 Å². The highest BCUT2D eigenvalue weighted by Gasteiger charge is 2.16. The molecule has 1 heterocycles. The van der Waals surface area contributed by atoms with E-state index in [1.807, 2.05) is 26.2 Å². The van der Waals surface area contributed by atoms with Crippen molar-refractivity contribution < 1.29 is 9.90 Å². The predicted octanol–water partition coefficient (Wildman–Crippen LogP) is 3.25. The number of hydrogen-bond acceptors (Lipinski definition) is 4. The van der Waals surface area contributed by atoms with Crippen molar-refractivity contribution in [1.82, 2.24) is 15.5 Å². The summed E-state index contributed by atoms with van der Waals surface area (Å²) in [5.74, 6) is 0.267. The number of nitrogens with one attached hydrogen (secondary N) is 2. The van der Waals surface area contributed by atoms with Crippen molar-refractivity contribution in [2.45, 2.75) is 38.3 Å². The van der Waals surface area contributed by atoms with Crippen LogP contribution in [0.5, 0.6) is 5.75 Å². The number of nitrogens with zero attached hydrogens (tertiary/aromatic N) is 1. The number of hydrogen-bond donors (Lipinski definition) is 3. The fourth-order valence-corrected chi connectivity index (χ4v) is 3.46. The van der Waals surface area contributed by atoms with E-state index in [9.17, 15) is 9.90 Å². The van der Waals surface area contributed by atoms with E-state index < -0.39 is 0 Å². The van der Waals surface area contributed by atoms with Crippen molar-refractivity contribution in [1.29, 1.82) is 0 Å². The molecule has 26 heavy (non-hydrogen) atoms. The number of carbonyl (C=O) groups excluding carboxylic acids is 1. The van der Waals surface area contributed by atoms with E-state index in [1.54, 1.807) is 23.5 Å². The van der Waals surface area contributed by atoms with Crippen LogP contribution in [0.2, 0.25) is 0 Å². The van der Waals surface area contributed by atoms with E-state index in [2.05, 4.69) is 39.3 Å². The molecule has 142 valence electrons. The topological polar surface area (TPSA) is 64.6 Å². The Kier molecular flexibility index (Phi) is 7.94. The maximum Gasteiger partial charge on any atom is 0.315 e. The summed E-state index contributed by atoms with van der Waals surface area (Å²) in [5, 5.41) is 19.7. The Bertz CT molecular complexity index is 656. The molecule has 0 fully saturated rings. The first kappa shape index (κ1) is 20.3. The molecule has 2 atom stereocenters. The van der Waals surface area contributed by atoms with Crippen LogP contribution in [-0.2, 0) is 12.8 Å².